The second-order valence-corrected chi connectivity index (χ2v) is 9.65. The van der Waals surface area contributed by atoms with E-state index in [2.05, 4.69) is 57.3 Å². The predicted molar refractivity (Wildman–Crippen MR) is 130 cm³/mol. The van der Waals surface area contributed by atoms with Crippen molar-refractivity contribution >= 4 is 38.3 Å². The van der Waals surface area contributed by atoms with E-state index >= 15 is 0 Å². The zero-order chi connectivity index (χ0) is 24.1. The minimum absolute atomic E-state index is 0.194. The van der Waals surface area contributed by atoms with E-state index in [1.807, 2.05) is 13.8 Å². The van der Waals surface area contributed by atoms with Gasteiger partial charge in [0.1, 0.15) is 6.23 Å². The Balaban J connectivity index is 1.84. The van der Waals surface area contributed by atoms with Crippen LogP contribution in [0.15, 0.2) is 21.1 Å². The summed E-state index contributed by atoms with van der Waals surface area (Å²) in [5, 5.41) is 0. The number of fused-ring (bicyclic) bond motifs is 1. The van der Waals surface area contributed by atoms with Crippen molar-refractivity contribution in [3.8, 4) is 0 Å². The van der Waals surface area contributed by atoms with Crippen molar-refractivity contribution in [2.24, 2.45) is 9.98 Å². The molecule has 1 saturated heterocycles. The van der Waals surface area contributed by atoms with Crippen LogP contribution in [-0.2, 0) is 13.8 Å². The summed E-state index contributed by atoms with van der Waals surface area (Å²) in [4.78, 5) is 31.9. The fraction of sp³-hybridized carbons (Fsp3) is 0.667. The Morgan fingerprint density at radius 2 is 2.12 bits per heavy atom. The van der Waals surface area contributed by atoms with Gasteiger partial charge in [-0.15, -0.1) is 0 Å². The Bertz CT molecular complexity index is 1030. The molecular weight excluding hydrogens is 445 g/mol. The highest BCUT2D eigenvalue weighted by Gasteiger charge is 2.40. The lowest BCUT2D eigenvalue weighted by molar-refractivity contribution is -0.00381. The van der Waals surface area contributed by atoms with E-state index in [-0.39, 0.29) is 47.5 Å². The van der Waals surface area contributed by atoms with Gasteiger partial charge < -0.3 is 13.8 Å². The third kappa shape index (κ3) is 5.84. The van der Waals surface area contributed by atoms with Crippen molar-refractivity contribution in [3.63, 3.8) is 0 Å². The maximum atomic E-state index is 12.4. The molecule has 0 aromatic carbocycles. The Labute approximate surface area is 195 Å². The molecule has 4 atom stereocenters. The van der Waals surface area contributed by atoms with Crippen LogP contribution in [-0.4, -0.2) is 67.6 Å². The SMILES string of the molecule is C/C=N\c1nc2c(ncn2C2C[C@@H](OP(O/C=N/CC)N(C(C)C)C(C)C)C(C)O2)c(=O)[nH]1. The summed E-state index contributed by atoms with van der Waals surface area (Å²) >= 11 is 0. The highest BCUT2D eigenvalue weighted by Crippen LogP contribution is 2.49. The molecule has 1 N–H and O–H groups in total. The molecule has 2 aromatic heterocycles. The molecule has 1 aliphatic rings. The number of imidazole rings is 1. The van der Waals surface area contributed by atoms with Gasteiger partial charge in [0, 0.05) is 31.3 Å². The van der Waals surface area contributed by atoms with Gasteiger partial charge >= 0.3 is 8.53 Å². The Morgan fingerprint density at radius 1 is 1.39 bits per heavy atom. The summed E-state index contributed by atoms with van der Waals surface area (Å²) in [6, 6.07) is 0.455. The number of hydrogen-bond acceptors (Lipinski definition) is 9. The topological polar surface area (TPSA) is 119 Å². The van der Waals surface area contributed by atoms with E-state index in [0.29, 0.717) is 18.6 Å². The number of nitrogens with one attached hydrogen (secondary N) is 1. The zero-order valence-electron chi connectivity index (χ0n) is 20.3. The molecule has 0 aliphatic carbocycles. The maximum absolute atomic E-state index is 12.4. The Hall–Kier alpha value is -2.20. The summed E-state index contributed by atoms with van der Waals surface area (Å²) in [6.07, 6.45) is 4.40. The van der Waals surface area contributed by atoms with Crippen LogP contribution in [0, 0.1) is 0 Å². The van der Waals surface area contributed by atoms with Crippen LogP contribution >= 0.6 is 8.53 Å². The molecule has 0 amide bonds. The zero-order valence-corrected chi connectivity index (χ0v) is 21.2. The molecule has 3 unspecified atom stereocenters. The van der Waals surface area contributed by atoms with Gasteiger partial charge in [-0.25, -0.2) is 14.6 Å². The normalized spacial score (nSPS) is 22.7. The second kappa shape index (κ2) is 11.3. The molecule has 1 aliphatic heterocycles. The molecular formula is C21H34N7O4P. The van der Waals surface area contributed by atoms with Gasteiger partial charge in [0.2, 0.25) is 5.95 Å². The molecule has 0 saturated carbocycles. The molecule has 3 rings (SSSR count). The predicted octanol–water partition coefficient (Wildman–Crippen LogP) is 3.94. The third-order valence-electron chi connectivity index (χ3n) is 5.18. The Morgan fingerprint density at radius 3 is 2.76 bits per heavy atom. The van der Waals surface area contributed by atoms with Gasteiger partial charge in [-0.1, -0.05) is 0 Å². The summed E-state index contributed by atoms with van der Waals surface area (Å²) in [6.45, 7) is 14.8. The van der Waals surface area contributed by atoms with Crippen LogP contribution in [0.2, 0.25) is 0 Å². The number of aliphatic imine (C=N–C) groups is 2. The van der Waals surface area contributed by atoms with E-state index in [1.165, 1.54) is 6.40 Å². The minimum Gasteiger partial charge on any atom is -0.425 e. The first-order chi connectivity index (χ1) is 15.8. The van der Waals surface area contributed by atoms with Gasteiger partial charge in [0.15, 0.2) is 17.6 Å². The molecule has 12 heteroatoms. The van der Waals surface area contributed by atoms with E-state index in [0.717, 1.165) is 0 Å². The van der Waals surface area contributed by atoms with Gasteiger partial charge in [-0.2, -0.15) is 4.98 Å². The lowest BCUT2D eigenvalue weighted by Gasteiger charge is -2.36. The molecule has 3 heterocycles. The summed E-state index contributed by atoms with van der Waals surface area (Å²) < 4.78 is 22.6. The molecule has 1 fully saturated rings. The van der Waals surface area contributed by atoms with Crippen molar-refractivity contribution in [1.29, 1.82) is 0 Å². The quantitative estimate of drug-likeness (QED) is 0.311. The number of rotatable bonds is 10. The van der Waals surface area contributed by atoms with Crippen LogP contribution in [0.1, 0.15) is 61.1 Å². The van der Waals surface area contributed by atoms with Crippen LogP contribution in [0.3, 0.4) is 0 Å². The largest absolute Gasteiger partial charge is 0.425 e. The van der Waals surface area contributed by atoms with Crippen LogP contribution in [0.4, 0.5) is 5.95 Å². The van der Waals surface area contributed by atoms with Gasteiger partial charge in [-0.05, 0) is 48.5 Å². The van der Waals surface area contributed by atoms with Crippen molar-refractivity contribution in [3.05, 3.63) is 16.7 Å². The van der Waals surface area contributed by atoms with Crippen molar-refractivity contribution in [1.82, 2.24) is 24.2 Å². The molecule has 33 heavy (non-hydrogen) atoms. The minimum atomic E-state index is -1.39. The molecule has 182 valence electrons. The van der Waals surface area contributed by atoms with Crippen molar-refractivity contribution in [2.75, 3.05) is 6.54 Å². The lowest BCUT2D eigenvalue weighted by Crippen LogP contribution is -2.35. The van der Waals surface area contributed by atoms with Crippen LogP contribution < -0.4 is 5.56 Å². The summed E-state index contributed by atoms with van der Waals surface area (Å²) in [7, 11) is -1.39. The first-order valence-electron chi connectivity index (χ1n) is 11.3. The highest BCUT2D eigenvalue weighted by molar-refractivity contribution is 7.45. The number of ether oxygens (including phenoxy) is 1. The number of nitrogens with zero attached hydrogens (tertiary/aromatic N) is 6. The highest BCUT2D eigenvalue weighted by atomic mass is 31.2. The fourth-order valence-corrected chi connectivity index (χ4v) is 5.43. The smallest absolute Gasteiger partial charge is 0.322 e. The number of hydrogen-bond donors (Lipinski definition) is 1. The molecule has 2 aromatic rings. The van der Waals surface area contributed by atoms with Crippen LogP contribution in [0.25, 0.3) is 11.2 Å². The van der Waals surface area contributed by atoms with E-state index in [1.54, 1.807) is 24.0 Å². The lowest BCUT2D eigenvalue weighted by atomic mass is 10.2. The number of aromatic amines is 1. The standard InChI is InChI=1S/C21H34N7O4P/c1-8-22-12-30-33(28(13(3)4)14(5)6)32-16-10-17(31-15(16)7)27-11-24-18-19(27)25-21(23-9-2)26-20(18)29/h9,11-17H,8,10H2,1-7H3,(H,25,26,29)/b22-12+,23-9-/t15?,16-,17?,33?/m1/s1. The summed E-state index contributed by atoms with van der Waals surface area (Å²) in [5.74, 6) is 0.229. The Kier molecular flexibility index (Phi) is 8.69. The monoisotopic (exact) mass is 479 g/mol. The number of H-pyrrole nitrogens is 1. The average Bonchev–Trinajstić information content (AvgIpc) is 3.31. The van der Waals surface area contributed by atoms with Gasteiger partial charge in [-0.3, -0.25) is 19.3 Å². The van der Waals surface area contributed by atoms with E-state index in [9.17, 15) is 4.79 Å². The summed E-state index contributed by atoms with van der Waals surface area (Å²) in [5.41, 5.74) is 0.337. The first kappa shape index (κ1) is 25.4. The first-order valence-corrected chi connectivity index (χ1v) is 12.4. The average molecular weight is 480 g/mol. The van der Waals surface area contributed by atoms with E-state index in [4.69, 9.17) is 13.8 Å². The van der Waals surface area contributed by atoms with E-state index < -0.39 is 8.53 Å². The molecule has 0 spiro atoms. The molecule has 0 bridgehead atoms. The fourth-order valence-electron chi connectivity index (χ4n) is 3.77. The molecule has 0 radical (unpaired) electrons. The number of aromatic nitrogens is 4. The third-order valence-corrected chi connectivity index (χ3v) is 7.20. The van der Waals surface area contributed by atoms with Gasteiger partial charge in [0.25, 0.3) is 5.56 Å². The van der Waals surface area contributed by atoms with Gasteiger partial charge in [0.05, 0.1) is 18.5 Å². The second-order valence-electron chi connectivity index (χ2n) is 8.29. The maximum Gasteiger partial charge on any atom is 0.322 e. The van der Waals surface area contributed by atoms with Crippen LogP contribution in [0.5, 0.6) is 0 Å². The molecule has 11 nitrogen and oxygen atoms in total. The van der Waals surface area contributed by atoms with Crippen molar-refractivity contribution in [2.45, 2.75) is 85.4 Å². The van der Waals surface area contributed by atoms with Crippen molar-refractivity contribution < 1.29 is 13.8 Å².